The molecular weight excluding hydrogens is 347 g/mol. The molecule has 24 heavy (non-hydrogen) atoms. The molecule has 2 aromatic rings. The quantitative estimate of drug-likeness (QED) is 0.757. The minimum atomic E-state index is -0.131. The molecule has 0 saturated carbocycles. The van der Waals surface area contributed by atoms with Gasteiger partial charge in [0.2, 0.25) is 5.91 Å². The molecule has 0 radical (unpaired) electrons. The first-order chi connectivity index (χ1) is 11.4. The Morgan fingerprint density at radius 1 is 1.12 bits per heavy atom. The fourth-order valence-corrected chi connectivity index (χ4v) is 2.39. The lowest BCUT2D eigenvalue weighted by molar-refractivity contribution is -0.119. The van der Waals surface area contributed by atoms with E-state index in [0.717, 1.165) is 11.3 Å². The van der Waals surface area contributed by atoms with E-state index in [2.05, 4.69) is 10.6 Å². The Hall–Kier alpha value is -1.91. The smallest absolute Gasteiger partial charge is 0.239 e. The highest BCUT2D eigenvalue weighted by Gasteiger charge is 2.05. The van der Waals surface area contributed by atoms with Gasteiger partial charge in [-0.2, -0.15) is 0 Å². The highest BCUT2D eigenvalue weighted by molar-refractivity contribution is 6.35. The highest BCUT2D eigenvalue weighted by atomic mass is 35.5. The van der Waals surface area contributed by atoms with Gasteiger partial charge in [-0.15, -0.1) is 0 Å². The summed E-state index contributed by atoms with van der Waals surface area (Å²) in [6.07, 6.45) is 0.139. The van der Waals surface area contributed by atoms with Crippen molar-refractivity contribution < 1.29 is 9.53 Å². The summed E-state index contributed by atoms with van der Waals surface area (Å²) in [6, 6.07) is 12.7. The lowest BCUT2D eigenvalue weighted by atomic mass is 10.2. The Balaban J connectivity index is 1.79. The SMILES string of the molecule is CC(C)Oc1ccc(CNC(=O)CNc2cc(Cl)ccc2Cl)cc1. The fourth-order valence-electron chi connectivity index (χ4n) is 2.03. The van der Waals surface area contributed by atoms with Crippen LogP contribution in [-0.2, 0) is 11.3 Å². The largest absolute Gasteiger partial charge is 0.491 e. The Kier molecular flexibility index (Phi) is 6.76. The van der Waals surface area contributed by atoms with Gasteiger partial charge < -0.3 is 15.4 Å². The first-order valence-electron chi connectivity index (χ1n) is 7.65. The van der Waals surface area contributed by atoms with Crippen molar-refractivity contribution in [2.45, 2.75) is 26.5 Å². The summed E-state index contributed by atoms with van der Waals surface area (Å²) in [4.78, 5) is 11.9. The molecule has 0 aliphatic heterocycles. The summed E-state index contributed by atoms with van der Waals surface area (Å²) < 4.78 is 5.58. The van der Waals surface area contributed by atoms with E-state index in [0.29, 0.717) is 22.3 Å². The minimum absolute atomic E-state index is 0.120. The summed E-state index contributed by atoms with van der Waals surface area (Å²) in [5.41, 5.74) is 1.63. The average Bonchev–Trinajstić information content (AvgIpc) is 2.54. The Morgan fingerprint density at radius 2 is 1.83 bits per heavy atom. The third-order valence-electron chi connectivity index (χ3n) is 3.15. The zero-order chi connectivity index (χ0) is 17.5. The van der Waals surface area contributed by atoms with Crippen LogP contribution in [-0.4, -0.2) is 18.6 Å². The molecule has 2 rings (SSSR count). The average molecular weight is 367 g/mol. The summed E-state index contributed by atoms with van der Waals surface area (Å²) in [5, 5.41) is 6.90. The number of anilines is 1. The Bertz CT molecular complexity index is 688. The second-order valence-corrected chi connectivity index (χ2v) is 6.41. The van der Waals surface area contributed by atoms with Crippen molar-refractivity contribution in [3.05, 3.63) is 58.1 Å². The maximum absolute atomic E-state index is 11.9. The number of halogens is 2. The van der Waals surface area contributed by atoms with Crippen LogP contribution < -0.4 is 15.4 Å². The zero-order valence-corrected chi connectivity index (χ0v) is 15.1. The predicted molar refractivity (Wildman–Crippen MR) is 99.0 cm³/mol. The highest BCUT2D eigenvalue weighted by Crippen LogP contribution is 2.25. The molecule has 0 aromatic heterocycles. The standard InChI is InChI=1S/C18H20Cl2N2O2/c1-12(2)24-15-6-3-13(4-7-15)10-22-18(23)11-21-17-9-14(19)5-8-16(17)20/h3-9,12,21H,10-11H2,1-2H3,(H,22,23). The van der Waals surface area contributed by atoms with Gasteiger partial charge in [0.05, 0.1) is 23.4 Å². The molecular formula is C18H20Cl2N2O2. The molecule has 0 saturated heterocycles. The topological polar surface area (TPSA) is 50.4 Å². The molecule has 0 aliphatic rings. The summed E-state index contributed by atoms with van der Waals surface area (Å²) in [6.45, 7) is 4.53. The zero-order valence-electron chi connectivity index (χ0n) is 13.6. The molecule has 128 valence electrons. The van der Waals surface area contributed by atoms with Crippen molar-refractivity contribution in [3.63, 3.8) is 0 Å². The second-order valence-electron chi connectivity index (χ2n) is 5.57. The normalized spacial score (nSPS) is 10.5. The lowest BCUT2D eigenvalue weighted by Crippen LogP contribution is -2.29. The maximum Gasteiger partial charge on any atom is 0.239 e. The number of nitrogens with one attached hydrogen (secondary N) is 2. The van der Waals surface area contributed by atoms with Gasteiger partial charge in [0, 0.05) is 11.6 Å². The molecule has 2 N–H and O–H groups in total. The first-order valence-corrected chi connectivity index (χ1v) is 8.41. The number of amides is 1. The van der Waals surface area contributed by atoms with Gasteiger partial charge in [0.25, 0.3) is 0 Å². The number of carbonyl (C=O) groups excluding carboxylic acids is 1. The molecule has 4 nitrogen and oxygen atoms in total. The van der Waals surface area contributed by atoms with Crippen molar-refractivity contribution in [2.75, 3.05) is 11.9 Å². The minimum Gasteiger partial charge on any atom is -0.491 e. The van der Waals surface area contributed by atoms with E-state index in [1.807, 2.05) is 38.1 Å². The van der Waals surface area contributed by atoms with E-state index < -0.39 is 0 Å². The van der Waals surface area contributed by atoms with Gasteiger partial charge in [-0.3, -0.25) is 4.79 Å². The first kappa shape index (κ1) is 18.4. The van der Waals surface area contributed by atoms with Crippen LogP contribution in [0.3, 0.4) is 0 Å². The molecule has 0 atom stereocenters. The van der Waals surface area contributed by atoms with Crippen LogP contribution in [0.15, 0.2) is 42.5 Å². The Morgan fingerprint density at radius 3 is 2.50 bits per heavy atom. The van der Waals surface area contributed by atoms with Gasteiger partial charge in [-0.1, -0.05) is 35.3 Å². The Labute approximate surface area is 152 Å². The van der Waals surface area contributed by atoms with E-state index in [9.17, 15) is 4.79 Å². The number of hydrogen-bond acceptors (Lipinski definition) is 3. The van der Waals surface area contributed by atoms with Crippen LogP contribution in [0.25, 0.3) is 0 Å². The van der Waals surface area contributed by atoms with Crippen LogP contribution in [0.2, 0.25) is 10.0 Å². The van der Waals surface area contributed by atoms with Gasteiger partial charge in [0.15, 0.2) is 0 Å². The molecule has 0 spiro atoms. The molecule has 0 bridgehead atoms. The number of hydrogen-bond donors (Lipinski definition) is 2. The third-order valence-corrected chi connectivity index (χ3v) is 3.72. The number of benzene rings is 2. The van der Waals surface area contributed by atoms with Crippen LogP contribution in [0.4, 0.5) is 5.69 Å². The number of rotatable bonds is 7. The molecule has 6 heteroatoms. The van der Waals surface area contributed by atoms with E-state index in [1.165, 1.54) is 0 Å². The van der Waals surface area contributed by atoms with Crippen molar-refractivity contribution in [2.24, 2.45) is 0 Å². The van der Waals surface area contributed by atoms with E-state index in [4.69, 9.17) is 27.9 Å². The summed E-state index contributed by atoms with van der Waals surface area (Å²) in [5.74, 6) is 0.686. The monoisotopic (exact) mass is 366 g/mol. The lowest BCUT2D eigenvalue weighted by Gasteiger charge is -2.11. The van der Waals surface area contributed by atoms with Crippen molar-refractivity contribution in [1.29, 1.82) is 0 Å². The van der Waals surface area contributed by atoms with Crippen molar-refractivity contribution in [1.82, 2.24) is 5.32 Å². The van der Waals surface area contributed by atoms with Gasteiger partial charge >= 0.3 is 0 Å². The van der Waals surface area contributed by atoms with Gasteiger partial charge in [-0.05, 0) is 49.7 Å². The summed E-state index contributed by atoms with van der Waals surface area (Å²) >= 11 is 11.9. The molecule has 0 fully saturated rings. The summed E-state index contributed by atoms with van der Waals surface area (Å²) in [7, 11) is 0. The van der Waals surface area contributed by atoms with Crippen LogP contribution in [0.1, 0.15) is 19.4 Å². The van der Waals surface area contributed by atoms with Gasteiger partial charge in [-0.25, -0.2) is 0 Å². The molecule has 0 heterocycles. The number of carbonyl (C=O) groups is 1. The van der Waals surface area contributed by atoms with Crippen LogP contribution in [0, 0.1) is 0 Å². The van der Waals surface area contributed by atoms with Crippen molar-refractivity contribution in [3.8, 4) is 5.75 Å². The number of ether oxygens (including phenoxy) is 1. The van der Waals surface area contributed by atoms with E-state index in [-0.39, 0.29) is 18.6 Å². The van der Waals surface area contributed by atoms with E-state index in [1.54, 1.807) is 18.2 Å². The predicted octanol–water partition coefficient (Wildman–Crippen LogP) is 4.51. The van der Waals surface area contributed by atoms with Crippen LogP contribution in [0.5, 0.6) is 5.75 Å². The van der Waals surface area contributed by atoms with Crippen molar-refractivity contribution >= 4 is 34.8 Å². The fraction of sp³-hybridized carbons (Fsp3) is 0.278. The maximum atomic E-state index is 11.9. The second kappa shape index (κ2) is 8.81. The van der Waals surface area contributed by atoms with Crippen LogP contribution >= 0.6 is 23.2 Å². The molecule has 2 aromatic carbocycles. The molecule has 1 amide bonds. The van der Waals surface area contributed by atoms with Gasteiger partial charge in [0.1, 0.15) is 5.75 Å². The molecule has 0 unspecified atom stereocenters. The molecule has 0 aliphatic carbocycles. The third kappa shape index (κ3) is 5.95. The van der Waals surface area contributed by atoms with E-state index >= 15 is 0 Å².